The fourth-order valence-electron chi connectivity index (χ4n) is 1.57. The maximum absolute atomic E-state index is 8.77. The van der Waals surface area contributed by atoms with Crippen molar-refractivity contribution >= 4 is 11.6 Å². The summed E-state index contributed by atoms with van der Waals surface area (Å²) >= 11 is 5.95. The molecule has 0 aliphatic heterocycles. The van der Waals surface area contributed by atoms with Gasteiger partial charge in [-0.25, -0.2) is 0 Å². The van der Waals surface area contributed by atoms with Gasteiger partial charge in [0.25, 0.3) is 0 Å². The first kappa shape index (κ1) is 12.2. The number of nitriles is 1. The van der Waals surface area contributed by atoms with Crippen molar-refractivity contribution in [1.82, 2.24) is 0 Å². The summed E-state index contributed by atoms with van der Waals surface area (Å²) in [4.78, 5) is 0. The molecule has 2 rings (SSSR count). The topological polar surface area (TPSA) is 23.8 Å². The summed E-state index contributed by atoms with van der Waals surface area (Å²) in [6.45, 7) is 0. The molecule has 0 fully saturated rings. The molecule has 0 saturated heterocycles. The van der Waals surface area contributed by atoms with Crippen LogP contribution in [0.25, 0.3) is 0 Å². The molecule has 0 unspecified atom stereocenters. The Morgan fingerprint density at radius 2 is 1.78 bits per heavy atom. The summed E-state index contributed by atoms with van der Waals surface area (Å²) in [5, 5.41) is 9.40. The first-order chi connectivity index (χ1) is 8.79. The van der Waals surface area contributed by atoms with Gasteiger partial charge in [-0.3, -0.25) is 0 Å². The van der Waals surface area contributed by atoms with Gasteiger partial charge in [-0.1, -0.05) is 47.7 Å². The molecule has 0 spiro atoms. The Kier molecular flexibility index (Phi) is 4.02. The maximum Gasteiger partial charge on any atom is 0.0670 e. The van der Waals surface area contributed by atoms with E-state index in [0.717, 1.165) is 16.7 Å². The molecule has 0 radical (unpaired) electrons. The largest absolute Gasteiger partial charge is 0.198 e. The van der Waals surface area contributed by atoms with Gasteiger partial charge in [0.05, 0.1) is 12.5 Å². The van der Waals surface area contributed by atoms with E-state index in [1.54, 1.807) is 12.1 Å². The minimum Gasteiger partial charge on any atom is -0.198 e. The summed E-state index contributed by atoms with van der Waals surface area (Å²) in [5.74, 6) is 6.14. The van der Waals surface area contributed by atoms with Gasteiger partial charge < -0.3 is 0 Å². The molecule has 2 heteroatoms. The molecule has 86 valence electrons. The van der Waals surface area contributed by atoms with Gasteiger partial charge in [-0.15, -0.1) is 0 Å². The SMILES string of the molecule is N#CCc1ccc(Cl)cc1C#Cc1ccccc1. The Morgan fingerprint density at radius 1 is 1.00 bits per heavy atom. The van der Waals surface area contributed by atoms with E-state index < -0.39 is 0 Å². The van der Waals surface area contributed by atoms with Crippen LogP contribution in [0.4, 0.5) is 0 Å². The number of rotatable bonds is 1. The molecule has 0 N–H and O–H groups in total. The van der Waals surface area contributed by atoms with Gasteiger partial charge in [-0.2, -0.15) is 5.26 Å². The number of hydrogen-bond acceptors (Lipinski definition) is 1. The molecule has 0 bridgehead atoms. The lowest BCUT2D eigenvalue weighted by molar-refractivity contribution is 1.25. The van der Waals surface area contributed by atoms with E-state index in [4.69, 9.17) is 16.9 Å². The lowest BCUT2D eigenvalue weighted by Crippen LogP contribution is -1.88. The van der Waals surface area contributed by atoms with E-state index in [1.165, 1.54) is 0 Å². The van der Waals surface area contributed by atoms with Crippen molar-refractivity contribution in [3.63, 3.8) is 0 Å². The Balaban J connectivity index is 2.37. The Hall–Kier alpha value is -2.22. The van der Waals surface area contributed by atoms with Crippen LogP contribution in [0, 0.1) is 23.2 Å². The predicted octanol–water partition coefficient (Wildman–Crippen LogP) is 3.81. The van der Waals surface area contributed by atoms with E-state index >= 15 is 0 Å². The van der Waals surface area contributed by atoms with Crippen molar-refractivity contribution in [3.8, 4) is 17.9 Å². The molecular formula is C16H10ClN. The fourth-order valence-corrected chi connectivity index (χ4v) is 1.74. The Labute approximate surface area is 112 Å². The summed E-state index contributed by atoms with van der Waals surface area (Å²) in [6.07, 6.45) is 0.343. The Morgan fingerprint density at radius 3 is 2.50 bits per heavy atom. The predicted molar refractivity (Wildman–Crippen MR) is 73.2 cm³/mol. The van der Waals surface area contributed by atoms with Gasteiger partial charge in [0, 0.05) is 16.1 Å². The van der Waals surface area contributed by atoms with E-state index in [-0.39, 0.29) is 0 Å². The molecule has 0 heterocycles. The van der Waals surface area contributed by atoms with Crippen LogP contribution < -0.4 is 0 Å². The second-order valence-electron chi connectivity index (χ2n) is 3.75. The third kappa shape index (κ3) is 3.14. The average molecular weight is 252 g/mol. The first-order valence-electron chi connectivity index (χ1n) is 5.52. The van der Waals surface area contributed by atoms with Crippen LogP contribution >= 0.6 is 11.6 Å². The molecule has 2 aromatic carbocycles. The first-order valence-corrected chi connectivity index (χ1v) is 5.90. The molecule has 0 atom stereocenters. The van der Waals surface area contributed by atoms with Crippen molar-refractivity contribution in [2.24, 2.45) is 0 Å². The molecule has 0 amide bonds. The molecule has 0 aliphatic rings. The molecule has 0 aromatic heterocycles. The van der Waals surface area contributed by atoms with Crippen LogP contribution in [0.5, 0.6) is 0 Å². The van der Waals surface area contributed by atoms with Crippen molar-refractivity contribution in [2.45, 2.75) is 6.42 Å². The van der Waals surface area contributed by atoms with Crippen LogP contribution in [-0.2, 0) is 6.42 Å². The smallest absolute Gasteiger partial charge is 0.0670 e. The van der Waals surface area contributed by atoms with Gasteiger partial charge in [0.1, 0.15) is 0 Å². The lowest BCUT2D eigenvalue weighted by atomic mass is 10.1. The lowest BCUT2D eigenvalue weighted by Gasteiger charge is -2.00. The average Bonchev–Trinajstić information content (AvgIpc) is 2.40. The highest BCUT2D eigenvalue weighted by Crippen LogP contribution is 2.16. The number of nitrogens with zero attached hydrogens (tertiary/aromatic N) is 1. The van der Waals surface area contributed by atoms with Gasteiger partial charge >= 0.3 is 0 Å². The van der Waals surface area contributed by atoms with E-state index in [0.29, 0.717) is 11.4 Å². The summed E-state index contributed by atoms with van der Waals surface area (Å²) < 4.78 is 0. The van der Waals surface area contributed by atoms with Crippen LogP contribution in [0.15, 0.2) is 48.5 Å². The molecule has 0 saturated carbocycles. The highest BCUT2D eigenvalue weighted by atomic mass is 35.5. The second-order valence-corrected chi connectivity index (χ2v) is 4.19. The van der Waals surface area contributed by atoms with Gasteiger partial charge in [0.2, 0.25) is 0 Å². The zero-order chi connectivity index (χ0) is 12.8. The number of halogens is 1. The van der Waals surface area contributed by atoms with Crippen molar-refractivity contribution in [3.05, 3.63) is 70.2 Å². The van der Waals surface area contributed by atoms with Gasteiger partial charge in [-0.05, 0) is 29.8 Å². The zero-order valence-electron chi connectivity index (χ0n) is 9.65. The van der Waals surface area contributed by atoms with Gasteiger partial charge in [0.15, 0.2) is 0 Å². The maximum atomic E-state index is 8.77. The van der Waals surface area contributed by atoms with Crippen molar-refractivity contribution in [1.29, 1.82) is 5.26 Å². The highest BCUT2D eigenvalue weighted by molar-refractivity contribution is 6.30. The summed E-state index contributed by atoms with van der Waals surface area (Å²) in [7, 11) is 0. The summed E-state index contributed by atoms with van der Waals surface area (Å²) in [6, 6.07) is 17.3. The van der Waals surface area contributed by atoms with Crippen LogP contribution in [0.1, 0.15) is 16.7 Å². The third-order valence-corrected chi connectivity index (χ3v) is 2.69. The number of benzene rings is 2. The fraction of sp³-hybridized carbons (Fsp3) is 0.0625. The second kappa shape index (κ2) is 5.92. The molecular weight excluding hydrogens is 242 g/mol. The van der Waals surface area contributed by atoms with Crippen LogP contribution in [0.3, 0.4) is 0 Å². The molecule has 1 nitrogen and oxygen atoms in total. The van der Waals surface area contributed by atoms with E-state index in [2.05, 4.69) is 17.9 Å². The Bertz CT molecular complexity index is 642. The third-order valence-electron chi connectivity index (χ3n) is 2.46. The van der Waals surface area contributed by atoms with Crippen molar-refractivity contribution < 1.29 is 0 Å². The van der Waals surface area contributed by atoms with Crippen molar-refractivity contribution in [2.75, 3.05) is 0 Å². The minimum absolute atomic E-state index is 0.343. The zero-order valence-corrected chi connectivity index (χ0v) is 10.4. The standard InChI is InChI=1S/C16H10ClN/c17-16-9-8-14(10-11-18)15(12-16)7-6-13-4-2-1-3-5-13/h1-5,8-9,12H,10H2. The summed E-state index contributed by atoms with van der Waals surface area (Å²) in [5.41, 5.74) is 2.67. The molecule has 18 heavy (non-hydrogen) atoms. The minimum atomic E-state index is 0.343. The van der Waals surface area contributed by atoms with E-state index in [1.807, 2.05) is 36.4 Å². The molecule has 2 aromatic rings. The quantitative estimate of drug-likeness (QED) is 0.707. The normalized spacial score (nSPS) is 9.11. The van der Waals surface area contributed by atoms with E-state index in [9.17, 15) is 0 Å². The monoisotopic (exact) mass is 251 g/mol. The highest BCUT2D eigenvalue weighted by Gasteiger charge is 2.00. The number of hydrogen-bond donors (Lipinski definition) is 0. The molecule has 0 aliphatic carbocycles. The van der Waals surface area contributed by atoms with Crippen LogP contribution in [0.2, 0.25) is 5.02 Å². The van der Waals surface area contributed by atoms with Crippen LogP contribution in [-0.4, -0.2) is 0 Å².